The lowest BCUT2D eigenvalue weighted by atomic mass is 10.1. The summed E-state index contributed by atoms with van der Waals surface area (Å²) in [6.07, 6.45) is 3.80. The first-order valence-corrected chi connectivity index (χ1v) is 6.80. The minimum absolute atomic E-state index is 0.664. The molecule has 1 aromatic carbocycles. The monoisotopic (exact) mass is 272 g/mol. The zero-order valence-electron chi connectivity index (χ0n) is 11.7. The fraction of sp³-hybridized carbons (Fsp3) is 0.375. The van der Waals surface area contributed by atoms with Crippen LogP contribution in [0.1, 0.15) is 18.4 Å². The first kappa shape index (κ1) is 14.4. The van der Waals surface area contributed by atoms with Crippen LogP contribution in [0, 0.1) is 11.8 Å². The maximum Gasteiger partial charge on any atom is 0.138 e. The highest BCUT2D eigenvalue weighted by atomic mass is 16.5. The van der Waals surface area contributed by atoms with Gasteiger partial charge in [0.1, 0.15) is 11.3 Å². The number of hydrogen-bond acceptors (Lipinski definition) is 4. The van der Waals surface area contributed by atoms with E-state index >= 15 is 0 Å². The molecule has 1 aromatic heterocycles. The normalized spacial score (nSPS) is 10.3. The molecule has 0 bridgehead atoms. The molecule has 4 heteroatoms. The van der Waals surface area contributed by atoms with Gasteiger partial charge in [-0.1, -0.05) is 11.8 Å². The van der Waals surface area contributed by atoms with Crippen molar-refractivity contribution in [3.05, 3.63) is 30.0 Å². The minimum atomic E-state index is 0.664. The van der Waals surface area contributed by atoms with Crippen molar-refractivity contribution >= 4 is 11.0 Å². The Morgan fingerprint density at radius 1 is 1.35 bits per heavy atom. The van der Waals surface area contributed by atoms with Crippen LogP contribution in [0.2, 0.25) is 0 Å². The number of nitrogens with two attached hydrogens (primary N) is 1. The molecule has 2 aromatic rings. The zero-order chi connectivity index (χ0) is 14.2. The Labute approximate surface area is 119 Å². The molecule has 0 aliphatic rings. The highest BCUT2D eigenvalue weighted by Gasteiger charge is 2.05. The molecule has 0 saturated carbocycles. The molecular formula is C16H20N2O2. The Morgan fingerprint density at radius 2 is 2.25 bits per heavy atom. The van der Waals surface area contributed by atoms with E-state index < -0.39 is 0 Å². The largest absolute Gasteiger partial charge is 0.495 e. The third-order valence-electron chi connectivity index (χ3n) is 3.02. The summed E-state index contributed by atoms with van der Waals surface area (Å²) in [4.78, 5) is 0. The van der Waals surface area contributed by atoms with Gasteiger partial charge in [-0.2, -0.15) is 0 Å². The Kier molecular flexibility index (Phi) is 5.48. The number of nitrogens with one attached hydrogen (secondary N) is 1. The van der Waals surface area contributed by atoms with Gasteiger partial charge in [0, 0.05) is 11.5 Å². The average Bonchev–Trinajstić information content (AvgIpc) is 2.92. The van der Waals surface area contributed by atoms with E-state index in [-0.39, 0.29) is 0 Å². The van der Waals surface area contributed by atoms with E-state index in [1.54, 1.807) is 13.4 Å². The van der Waals surface area contributed by atoms with Crippen LogP contribution < -0.4 is 15.8 Å². The number of fused-ring (bicyclic) bond motifs is 1. The quantitative estimate of drug-likeness (QED) is 0.624. The van der Waals surface area contributed by atoms with E-state index in [4.69, 9.17) is 14.9 Å². The Hall–Kier alpha value is -1.96. The number of hydrogen-bond donors (Lipinski definition) is 2. The van der Waals surface area contributed by atoms with E-state index in [0.29, 0.717) is 6.54 Å². The van der Waals surface area contributed by atoms with Gasteiger partial charge in [0.05, 0.1) is 25.5 Å². The summed E-state index contributed by atoms with van der Waals surface area (Å²) in [6, 6.07) is 5.78. The van der Waals surface area contributed by atoms with Crippen LogP contribution in [-0.2, 0) is 0 Å². The maximum atomic E-state index is 5.44. The lowest BCUT2D eigenvalue weighted by molar-refractivity contribution is 0.413. The van der Waals surface area contributed by atoms with E-state index in [1.165, 1.54) is 0 Å². The summed E-state index contributed by atoms with van der Waals surface area (Å²) in [6.45, 7) is 2.36. The summed E-state index contributed by atoms with van der Waals surface area (Å²) >= 11 is 0. The van der Waals surface area contributed by atoms with Gasteiger partial charge in [0.15, 0.2) is 0 Å². The Morgan fingerprint density at radius 3 is 3.05 bits per heavy atom. The molecule has 1 heterocycles. The van der Waals surface area contributed by atoms with Crippen LogP contribution in [-0.4, -0.2) is 26.7 Å². The molecule has 106 valence electrons. The second kappa shape index (κ2) is 7.59. The minimum Gasteiger partial charge on any atom is -0.495 e. The molecule has 3 N–H and O–H groups in total. The summed E-state index contributed by atoms with van der Waals surface area (Å²) in [5.74, 6) is 6.98. The van der Waals surface area contributed by atoms with E-state index in [0.717, 1.165) is 48.2 Å². The molecule has 0 aliphatic carbocycles. The molecule has 0 amide bonds. The Bertz CT molecular complexity index is 608. The second-order valence-corrected chi connectivity index (χ2v) is 4.49. The van der Waals surface area contributed by atoms with Crippen molar-refractivity contribution in [2.75, 3.05) is 26.7 Å². The molecule has 0 atom stereocenters. The highest BCUT2D eigenvalue weighted by molar-refractivity contribution is 5.81. The molecular weight excluding hydrogens is 252 g/mol. The number of benzene rings is 1. The van der Waals surface area contributed by atoms with Crippen LogP contribution >= 0.6 is 0 Å². The van der Waals surface area contributed by atoms with Gasteiger partial charge in [0.2, 0.25) is 0 Å². The van der Waals surface area contributed by atoms with Gasteiger partial charge in [-0.25, -0.2) is 0 Å². The van der Waals surface area contributed by atoms with Crippen molar-refractivity contribution in [3.63, 3.8) is 0 Å². The van der Waals surface area contributed by atoms with E-state index in [2.05, 4.69) is 17.2 Å². The van der Waals surface area contributed by atoms with Crippen molar-refractivity contribution < 1.29 is 9.15 Å². The third kappa shape index (κ3) is 3.77. The number of methoxy groups -OCH3 is 1. The molecule has 20 heavy (non-hydrogen) atoms. The number of furan rings is 1. The average molecular weight is 272 g/mol. The van der Waals surface area contributed by atoms with Gasteiger partial charge in [0.25, 0.3) is 0 Å². The first-order chi connectivity index (χ1) is 9.85. The standard InChI is InChI=1S/C16H20N2O2/c1-19-15-12-16-14(6-10-20-16)11-13(15)5-4-9-18-8-3-2-7-17/h6,10-12,18H,2-3,7-9,17H2,1H3. The zero-order valence-corrected chi connectivity index (χ0v) is 11.7. The predicted octanol–water partition coefficient (Wildman–Crippen LogP) is 2.12. The van der Waals surface area contributed by atoms with Crippen LogP contribution in [0.15, 0.2) is 28.9 Å². The van der Waals surface area contributed by atoms with Crippen LogP contribution in [0.3, 0.4) is 0 Å². The van der Waals surface area contributed by atoms with Gasteiger partial charge in [-0.05, 0) is 38.1 Å². The maximum absolute atomic E-state index is 5.44. The van der Waals surface area contributed by atoms with Crippen molar-refractivity contribution in [1.82, 2.24) is 5.32 Å². The van der Waals surface area contributed by atoms with Crippen molar-refractivity contribution in [2.24, 2.45) is 5.73 Å². The predicted molar refractivity (Wildman–Crippen MR) is 80.8 cm³/mol. The smallest absolute Gasteiger partial charge is 0.138 e. The lowest BCUT2D eigenvalue weighted by Gasteiger charge is -2.03. The van der Waals surface area contributed by atoms with Gasteiger partial charge in [-0.15, -0.1) is 0 Å². The van der Waals surface area contributed by atoms with Crippen molar-refractivity contribution in [1.29, 1.82) is 0 Å². The molecule has 0 fully saturated rings. The van der Waals surface area contributed by atoms with Crippen LogP contribution in [0.5, 0.6) is 5.75 Å². The van der Waals surface area contributed by atoms with Crippen molar-refractivity contribution in [3.8, 4) is 17.6 Å². The second-order valence-electron chi connectivity index (χ2n) is 4.49. The summed E-state index contributed by atoms with van der Waals surface area (Å²) in [5, 5.41) is 4.30. The topological polar surface area (TPSA) is 60.4 Å². The van der Waals surface area contributed by atoms with Crippen molar-refractivity contribution in [2.45, 2.75) is 12.8 Å². The number of rotatable bonds is 6. The SMILES string of the molecule is COc1cc2occc2cc1C#CCNCCCCN. The number of unbranched alkanes of at least 4 members (excludes halogenated alkanes) is 1. The van der Waals surface area contributed by atoms with Crippen LogP contribution in [0.25, 0.3) is 11.0 Å². The fourth-order valence-corrected chi connectivity index (χ4v) is 1.94. The molecule has 0 unspecified atom stereocenters. The molecule has 0 saturated heterocycles. The molecule has 0 aliphatic heterocycles. The van der Waals surface area contributed by atoms with Gasteiger partial charge >= 0.3 is 0 Å². The van der Waals surface area contributed by atoms with Crippen LogP contribution in [0.4, 0.5) is 0 Å². The summed E-state index contributed by atoms with van der Waals surface area (Å²) < 4.78 is 10.7. The molecule has 4 nitrogen and oxygen atoms in total. The van der Waals surface area contributed by atoms with E-state index in [9.17, 15) is 0 Å². The highest BCUT2D eigenvalue weighted by Crippen LogP contribution is 2.25. The summed E-state index contributed by atoms with van der Waals surface area (Å²) in [7, 11) is 1.64. The van der Waals surface area contributed by atoms with Gasteiger partial charge in [-0.3, -0.25) is 0 Å². The summed E-state index contributed by atoms with van der Waals surface area (Å²) in [5.41, 5.74) is 7.13. The fourth-order valence-electron chi connectivity index (χ4n) is 1.94. The lowest BCUT2D eigenvalue weighted by Crippen LogP contribution is -2.16. The Balaban J connectivity index is 1.98. The molecule has 0 spiro atoms. The third-order valence-corrected chi connectivity index (χ3v) is 3.02. The molecule has 2 rings (SSSR count). The number of ether oxygens (including phenoxy) is 1. The van der Waals surface area contributed by atoms with E-state index in [1.807, 2.05) is 18.2 Å². The molecule has 0 radical (unpaired) electrons. The van der Waals surface area contributed by atoms with Gasteiger partial charge < -0.3 is 20.2 Å². The first-order valence-electron chi connectivity index (χ1n) is 6.80.